The van der Waals surface area contributed by atoms with Crippen molar-refractivity contribution in [2.75, 3.05) is 18.0 Å². The molecule has 1 N–H and O–H groups in total. The van der Waals surface area contributed by atoms with Crippen LogP contribution in [0, 0.1) is 5.82 Å². The number of hydrogen-bond acceptors (Lipinski definition) is 2. The predicted octanol–water partition coefficient (Wildman–Crippen LogP) is 2.44. The normalized spacial score (nSPS) is 15.9. The van der Waals surface area contributed by atoms with E-state index in [0.717, 1.165) is 31.6 Å². The van der Waals surface area contributed by atoms with Crippen LogP contribution in [0.3, 0.4) is 0 Å². The fraction of sp³-hybridized carbons (Fsp3) is 0.462. The quantitative estimate of drug-likeness (QED) is 0.877. The Morgan fingerprint density at radius 2 is 2.00 bits per heavy atom. The highest BCUT2D eigenvalue weighted by molar-refractivity contribution is 5.71. The van der Waals surface area contributed by atoms with Crippen LogP contribution in [0.4, 0.5) is 10.1 Å². The van der Waals surface area contributed by atoms with Crippen LogP contribution < -0.4 is 4.90 Å². The first-order chi connectivity index (χ1) is 8.16. The smallest absolute Gasteiger partial charge is 0.307 e. The average molecular weight is 237 g/mol. The number of carboxylic acid groups (broad SMARTS) is 1. The molecule has 4 heteroatoms. The first-order valence-electron chi connectivity index (χ1n) is 5.92. The topological polar surface area (TPSA) is 40.5 Å². The van der Waals surface area contributed by atoms with E-state index in [-0.39, 0.29) is 12.0 Å². The van der Waals surface area contributed by atoms with Crippen molar-refractivity contribution in [3.63, 3.8) is 0 Å². The standard InChI is InChI=1S/C13H16FNO2/c14-12-5-4-11(8-10(12)9-13(16)17)15-6-2-1-3-7-15/h4-5,8H,1-3,6-7,9H2,(H,16,17). The van der Waals surface area contributed by atoms with Gasteiger partial charge in [0.15, 0.2) is 0 Å². The fourth-order valence-corrected chi connectivity index (χ4v) is 2.21. The van der Waals surface area contributed by atoms with Gasteiger partial charge in [0.05, 0.1) is 6.42 Å². The van der Waals surface area contributed by atoms with Crippen LogP contribution in [0.5, 0.6) is 0 Å². The number of hydrogen-bond donors (Lipinski definition) is 1. The van der Waals surface area contributed by atoms with E-state index in [1.165, 1.54) is 12.5 Å². The lowest BCUT2D eigenvalue weighted by Crippen LogP contribution is -2.29. The Morgan fingerprint density at radius 3 is 2.65 bits per heavy atom. The molecule has 0 radical (unpaired) electrons. The van der Waals surface area contributed by atoms with Gasteiger partial charge in [-0.2, -0.15) is 0 Å². The summed E-state index contributed by atoms with van der Waals surface area (Å²) >= 11 is 0. The minimum atomic E-state index is -1.00. The summed E-state index contributed by atoms with van der Waals surface area (Å²) in [6, 6.07) is 4.75. The Kier molecular flexibility index (Phi) is 3.61. The third kappa shape index (κ3) is 2.96. The molecule has 1 aliphatic heterocycles. The van der Waals surface area contributed by atoms with Crippen molar-refractivity contribution >= 4 is 11.7 Å². The van der Waals surface area contributed by atoms with Crippen LogP contribution in [-0.2, 0) is 11.2 Å². The van der Waals surface area contributed by atoms with Crippen molar-refractivity contribution in [3.05, 3.63) is 29.6 Å². The molecular formula is C13H16FNO2. The number of halogens is 1. The van der Waals surface area contributed by atoms with Crippen molar-refractivity contribution in [3.8, 4) is 0 Å². The average Bonchev–Trinajstić information content (AvgIpc) is 2.32. The highest BCUT2D eigenvalue weighted by Gasteiger charge is 2.14. The summed E-state index contributed by atoms with van der Waals surface area (Å²) in [7, 11) is 0. The maximum atomic E-state index is 13.4. The van der Waals surface area contributed by atoms with Gasteiger partial charge < -0.3 is 10.0 Å². The second-order valence-electron chi connectivity index (χ2n) is 4.39. The summed E-state index contributed by atoms with van der Waals surface area (Å²) in [6.07, 6.45) is 3.27. The number of carbonyl (C=O) groups is 1. The van der Waals surface area contributed by atoms with E-state index in [4.69, 9.17) is 5.11 Å². The highest BCUT2D eigenvalue weighted by Crippen LogP contribution is 2.22. The van der Waals surface area contributed by atoms with Crippen LogP contribution in [0.25, 0.3) is 0 Å². The zero-order valence-corrected chi connectivity index (χ0v) is 9.66. The SMILES string of the molecule is O=C(O)Cc1cc(N2CCCCC2)ccc1F. The molecule has 0 spiro atoms. The Morgan fingerprint density at radius 1 is 1.29 bits per heavy atom. The summed E-state index contributed by atoms with van der Waals surface area (Å²) in [5, 5.41) is 8.71. The molecule has 0 aliphatic carbocycles. The molecule has 92 valence electrons. The predicted molar refractivity (Wildman–Crippen MR) is 63.8 cm³/mol. The van der Waals surface area contributed by atoms with E-state index in [9.17, 15) is 9.18 Å². The number of rotatable bonds is 3. The van der Waals surface area contributed by atoms with Crippen LogP contribution in [0.2, 0.25) is 0 Å². The molecule has 3 nitrogen and oxygen atoms in total. The van der Waals surface area contributed by atoms with Crippen molar-refractivity contribution in [1.29, 1.82) is 0 Å². The zero-order valence-electron chi connectivity index (χ0n) is 9.66. The molecule has 1 aromatic carbocycles. The molecule has 0 amide bonds. The monoisotopic (exact) mass is 237 g/mol. The van der Waals surface area contributed by atoms with Crippen molar-refractivity contribution in [2.45, 2.75) is 25.7 Å². The third-order valence-electron chi connectivity index (χ3n) is 3.09. The Hall–Kier alpha value is -1.58. The third-order valence-corrected chi connectivity index (χ3v) is 3.09. The van der Waals surface area contributed by atoms with Gasteiger partial charge in [-0.25, -0.2) is 4.39 Å². The molecule has 1 heterocycles. The number of carboxylic acids is 1. The number of nitrogens with zero attached hydrogens (tertiary/aromatic N) is 1. The number of aliphatic carboxylic acids is 1. The first-order valence-corrected chi connectivity index (χ1v) is 5.92. The van der Waals surface area contributed by atoms with E-state index in [0.29, 0.717) is 0 Å². The minimum Gasteiger partial charge on any atom is -0.481 e. The van der Waals surface area contributed by atoms with Gasteiger partial charge in [-0.3, -0.25) is 4.79 Å². The van der Waals surface area contributed by atoms with Gasteiger partial charge in [0.2, 0.25) is 0 Å². The maximum absolute atomic E-state index is 13.4. The maximum Gasteiger partial charge on any atom is 0.307 e. The van der Waals surface area contributed by atoms with E-state index in [1.807, 2.05) is 0 Å². The first kappa shape index (κ1) is 11.9. The molecular weight excluding hydrogens is 221 g/mol. The van der Waals surface area contributed by atoms with Crippen molar-refractivity contribution < 1.29 is 14.3 Å². The van der Waals surface area contributed by atoms with Crippen LogP contribution in [-0.4, -0.2) is 24.2 Å². The van der Waals surface area contributed by atoms with Gasteiger partial charge in [0, 0.05) is 24.3 Å². The lowest BCUT2D eigenvalue weighted by molar-refractivity contribution is -0.136. The lowest BCUT2D eigenvalue weighted by atomic mass is 10.1. The second-order valence-corrected chi connectivity index (χ2v) is 4.39. The summed E-state index contributed by atoms with van der Waals surface area (Å²) < 4.78 is 13.4. The van der Waals surface area contributed by atoms with Crippen LogP contribution in [0.15, 0.2) is 18.2 Å². The molecule has 1 aromatic rings. The Bertz CT molecular complexity index is 414. The minimum absolute atomic E-state index is 0.256. The van der Waals surface area contributed by atoms with Crippen LogP contribution >= 0.6 is 0 Å². The molecule has 17 heavy (non-hydrogen) atoms. The molecule has 0 bridgehead atoms. The number of benzene rings is 1. The van der Waals surface area contributed by atoms with Gasteiger partial charge in [0.25, 0.3) is 0 Å². The van der Waals surface area contributed by atoms with Gasteiger partial charge in [-0.05, 0) is 37.5 Å². The van der Waals surface area contributed by atoms with E-state index < -0.39 is 11.8 Å². The van der Waals surface area contributed by atoms with Crippen molar-refractivity contribution in [1.82, 2.24) is 0 Å². The summed E-state index contributed by atoms with van der Waals surface area (Å²) in [5.74, 6) is -1.44. The Labute approximate surface area is 99.9 Å². The van der Waals surface area contributed by atoms with Gasteiger partial charge in [0.1, 0.15) is 5.82 Å². The van der Waals surface area contributed by atoms with Crippen LogP contribution in [0.1, 0.15) is 24.8 Å². The molecule has 1 aliphatic rings. The fourth-order valence-electron chi connectivity index (χ4n) is 2.21. The summed E-state index contributed by atoms with van der Waals surface area (Å²) in [6.45, 7) is 1.94. The van der Waals surface area contributed by atoms with Crippen molar-refractivity contribution in [2.24, 2.45) is 0 Å². The van der Waals surface area contributed by atoms with Gasteiger partial charge >= 0.3 is 5.97 Å². The largest absolute Gasteiger partial charge is 0.481 e. The van der Waals surface area contributed by atoms with E-state index in [2.05, 4.69) is 4.90 Å². The highest BCUT2D eigenvalue weighted by atomic mass is 19.1. The second kappa shape index (κ2) is 5.17. The molecule has 1 fully saturated rings. The molecule has 0 atom stereocenters. The number of piperidine rings is 1. The molecule has 0 aromatic heterocycles. The number of anilines is 1. The molecule has 2 rings (SSSR count). The van der Waals surface area contributed by atoms with Gasteiger partial charge in [-0.1, -0.05) is 0 Å². The molecule has 1 saturated heterocycles. The molecule has 0 unspecified atom stereocenters. The van der Waals surface area contributed by atoms with E-state index >= 15 is 0 Å². The van der Waals surface area contributed by atoms with Gasteiger partial charge in [-0.15, -0.1) is 0 Å². The van der Waals surface area contributed by atoms with E-state index in [1.54, 1.807) is 12.1 Å². The summed E-state index contributed by atoms with van der Waals surface area (Å²) in [5.41, 5.74) is 1.20. The molecule has 0 saturated carbocycles. The lowest BCUT2D eigenvalue weighted by Gasteiger charge is -2.29. The summed E-state index contributed by atoms with van der Waals surface area (Å²) in [4.78, 5) is 12.8. The Balaban J connectivity index is 2.20. The zero-order chi connectivity index (χ0) is 12.3.